The van der Waals surface area contributed by atoms with Crippen molar-refractivity contribution < 1.29 is 4.79 Å². The summed E-state index contributed by atoms with van der Waals surface area (Å²) in [6, 6.07) is 6.15. The normalized spacial score (nSPS) is 10.4. The Hall–Kier alpha value is -1.37. The third kappa shape index (κ3) is 3.05. The molecule has 1 aromatic carbocycles. The number of benzene rings is 1. The molecule has 1 rings (SSSR count). The number of carbonyl (C=O) groups excluding carboxylic acids is 1. The summed E-state index contributed by atoms with van der Waals surface area (Å²) in [5, 5.41) is 0. The van der Waals surface area contributed by atoms with Crippen LogP contribution in [-0.2, 0) is 11.2 Å². The Morgan fingerprint density at radius 3 is 2.67 bits per heavy atom. The van der Waals surface area contributed by atoms with Crippen LogP contribution in [0.15, 0.2) is 24.8 Å². The molecule has 1 aromatic rings. The summed E-state index contributed by atoms with van der Waals surface area (Å²) in [4.78, 5) is 10.7. The SMILES string of the molecule is C=C(C=O)c1ccc(C)cc1CC(C)C. The van der Waals surface area contributed by atoms with Crippen LogP contribution in [0.25, 0.3) is 5.57 Å². The Labute approximate surface area is 91.8 Å². The van der Waals surface area contributed by atoms with Gasteiger partial charge in [-0.05, 0) is 30.4 Å². The van der Waals surface area contributed by atoms with Crippen molar-refractivity contribution in [1.29, 1.82) is 0 Å². The fraction of sp³-hybridized carbons (Fsp3) is 0.357. The summed E-state index contributed by atoms with van der Waals surface area (Å²) in [6.07, 6.45) is 1.82. The number of aldehydes is 1. The van der Waals surface area contributed by atoms with Gasteiger partial charge in [-0.25, -0.2) is 0 Å². The number of hydrogen-bond donors (Lipinski definition) is 0. The monoisotopic (exact) mass is 202 g/mol. The molecule has 80 valence electrons. The average Bonchev–Trinajstić information content (AvgIpc) is 2.16. The lowest BCUT2D eigenvalue weighted by Crippen LogP contribution is -2.00. The first kappa shape index (κ1) is 11.7. The van der Waals surface area contributed by atoms with E-state index >= 15 is 0 Å². The Bertz CT molecular complexity index is 375. The summed E-state index contributed by atoms with van der Waals surface area (Å²) in [5.41, 5.74) is 4.02. The quantitative estimate of drug-likeness (QED) is 0.540. The molecule has 0 aliphatic rings. The van der Waals surface area contributed by atoms with Crippen molar-refractivity contribution in [2.75, 3.05) is 0 Å². The number of aryl methyl sites for hydroxylation is 1. The zero-order chi connectivity index (χ0) is 11.4. The molecule has 0 spiro atoms. The molecular weight excluding hydrogens is 184 g/mol. The van der Waals surface area contributed by atoms with E-state index in [2.05, 4.69) is 33.4 Å². The molecule has 0 saturated carbocycles. The van der Waals surface area contributed by atoms with Crippen LogP contribution in [-0.4, -0.2) is 6.29 Å². The minimum absolute atomic E-state index is 0.575. The van der Waals surface area contributed by atoms with Gasteiger partial charge in [-0.3, -0.25) is 4.79 Å². The van der Waals surface area contributed by atoms with E-state index < -0.39 is 0 Å². The molecule has 0 aromatic heterocycles. The van der Waals surface area contributed by atoms with Crippen LogP contribution in [0.1, 0.15) is 30.5 Å². The van der Waals surface area contributed by atoms with Crippen LogP contribution in [0.2, 0.25) is 0 Å². The predicted molar refractivity (Wildman–Crippen MR) is 64.8 cm³/mol. The van der Waals surface area contributed by atoms with Crippen LogP contribution in [0, 0.1) is 12.8 Å². The molecule has 0 aliphatic carbocycles. The third-order valence-corrected chi connectivity index (χ3v) is 2.38. The first-order valence-corrected chi connectivity index (χ1v) is 5.28. The maximum atomic E-state index is 10.7. The van der Waals surface area contributed by atoms with Crippen LogP contribution >= 0.6 is 0 Å². The molecule has 1 nitrogen and oxygen atoms in total. The Balaban J connectivity index is 3.13. The van der Waals surface area contributed by atoms with Crippen LogP contribution in [0.5, 0.6) is 0 Å². The van der Waals surface area contributed by atoms with Gasteiger partial charge in [0.05, 0.1) is 0 Å². The van der Waals surface area contributed by atoms with Crippen molar-refractivity contribution in [3.63, 3.8) is 0 Å². The molecule has 0 saturated heterocycles. The van der Waals surface area contributed by atoms with Gasteiger partial charge in [0.15, 0.2) is 0 Å². The summed E-state index contributed by atoms with van der Waals surface area (Å²) in [5.74, 6) is 0.588. The molecular formula is C14H18O. The first-order valence-electron chi connectivity index (χ1n) is 5.28. The lowest BCUT2D eigenvalue weighted by atomic mass is 9.93. The van der Waals surface area contributed by atoms with E-state index in [0.29, 0.717) is 11.5 Å². The zero-order valence-corrected chi connectivity index (χ0v) is 9.71. The molecule has 0 radical (unpaired) electrons. The van der Waals surface area contributed by atoms with E-state index in [1.165, 1.54) is 11.1 Å². The average molecular weight is 202 g/mol. The molecule has 0 bridgehead atoms. The minimum atomic E-state index is 0.575. The largest absolute Gasteiger partial charge is 0.298 e. The summed E-state index contributed by atoms with van der Waals surface area (Å²) < 4.78 is 0. The highest BCUT2D eigenvalue weighted by atomic mass is 16.1. The Morgan fingerprint density at radius 2 is 2.13 bits per heavy atom. The summed E-state index contributed by atoms with van der Waals surface area (Å²) >= 11 is 0. The lowest BCUT2D eigenvalue weighted by Gasteiger charge is -2.11. The van der Waals surface area contributed by atoms with E-state index in [4.69, 9.17) is 0 Å². The Kier molecular flexibility index (Phi) is 3.84. The van der Waals surface area contributed by atoms with Gasteiger partial charge in [-0.2, -0.15) is 0 Å². The van der Waals surface area contributed by atoms with E-state index in [-0.39, 0.29) is 0 Å². The van der Waals surface area contributed by atoms with Gasteiger partial charge in [0.1, 0.15) is 6.29 Å². The van der Waals surface area contributed by atoms with E-state index in [1.54, 1.807) is 0 Å². The lowest BCUT2D eigenvalue weighted by molar-refractivity contribution is -0.103. The van der Waals surface area contributed by atoms with Gasteiger partial charge in [0.25, 0.3) is 0 Å². The molecule has 0 unspecified atom stereocenters. The van der Waals surface area contributed by atoms with Crippen LogP contribution in [0.3, 0.4) is 0 Å². The topological polar surface area (TPSA) is 17.1 Å². The fourth-order valence-corrected chi connectivity index (χ4v) is 1.71. The zero-order valence-electron chi connectivity index (χ0n) is 9.71. The second-order valence-electron chi connectivity index (χ2n) is 4.40. The smallest absolute Gasteiger partial charge is 0.150 e. The van der Waals surface area contributed by atoms with Gasteiger partial charge in [0, 0.05) is 5.57 Å². The Morgan fingerprint density at radius 1 is 1.47 bits per heavy atom. The molecule has 0 fully saturated rings. The van der Waals surface area contributed by atoms with Gasteiger partial charge in [0.2, 0.25) is 0 Å². The maximum Gasteiger partial charge on any atom is 0.150 e. The van der Waals surface area contributed by atoms with Gasteiger partial charge >= 0.3 is 0 Å². The molecule has 0 atom stereocenters. The maximum absolute atomic E-state index is 10.7. The van der Waals surface area contributed by atoms with Crippen molar-refractivity contribution >= 4 is 11.9 Å². The van der Waals surface area contributed by atoms with Crippen molar-refractivity contribution in [3.05, 3.63) is 41.5 Å². The summed E-state index contributed by atoms with van der Waals surface area (Å²) in [7, 11) is 0. The fourth-order valence-electron chi connectivity index (χ4n) is 1.71. The molecule has 0 N–H and O–H groups in total. The van der Waals surface area contributed by atoms with E-state index in [1.807, 2.05) is 12.1 Å². The van der Waals surface area contributed by atoms with Crippen molar-refractivity contribution in [2.45, 2.75) is 27.2 Å². The number of allylic oxidation sites excluding steroid dienone is 1. The van der Waals surface area contributed by atoms with Gasteiger partial charge < -0.3 is 0 Å². The van der Waals surface area contributed by atoms with Crippen LogP contribution in [0.4, 0.5) is 0 Å². The highest BCUT2D eigenvalue weighted by Gasteiger charge is 2.07. The van der Waals surface area contributed by atoms with Gasteiger partial charge in [-0.1, -0.05) is 44.2 Å². The third-order valence-electron chi connectivity index (χ3n) is 2.38. The second-order valence-corrected chi connectivity index (χ2v) is 4.40. The molecule has 15 heavy (non-hydrogen) atoms. The van der Waals surface area contributed by atoms with Crippen LogP contribution < -0.4 is 0 Å². The first-order chi connectivity index (χ1) is 7.04. The summed E-state index contributed by atoms with van der Waals surface area (Å²) in [6.45, 7) is 10.2. The van der Waals surface area contributed by atoms with Crippen molar-refractivity contribution in [3.8, 4) is 0 Å². The van der Waals surface area contributed by atoms with Crippen molar-refractivity contribution in [2.24, 2.45) is 5.92 Å². The standard InChI is InChI=1S/C14H18O/c1-10(2)7-13-8-11(3)5-6-14(13)12(4)9-15/h5-6,8-10H,4,7H2,1-3H3. The number of carbonyl (C=O) groups is 1. The van der Waals surface area contributed by atoms with E-state index in [0.717, 1.165) is 18.3 Å². The molecule has 0 aliphatic heterocycles. The number of rotatable bonds is 4. The second kappa shape index (κ2) is 4.92. The molecule has 0 amide bonds. The predicted octanol–water partition coefficient (Wildman–Crippen LogP) is 3.41. The van der Waals surface area contributed by atoms with Gasteiger partial charge in [-0.15, -0.1) is 0 Å². The highest BCUT2D eigenvalue weighted by Crippen LogP contribution is 2.21. The number of hydrogen-bond acceptors (Lipinski definition) is 1. The van der Waals surface area contributed by atoms with E-state index in [9.17, 15) is 4.79 Å². The highest BCUT2D eigenvalue weighted by molar-refractivity contribution is 6.06. The minimum Gasteiger partial charge on any atom is -0.298 e. The molecule has 1 heteroatoms. The van der Waals surface area contributed by atoms with Crippen molar-refractivity contribution in [1.82, 2.24) is 0 Å². The molecule has 0 heterocycles.